The summed E-state index contributed by atoms with van der Waals surface area (Å²) in [6, 6.07) is 21.6. The van der Waals surface area contributed by atoms with Crippen molar-refractivity contribution in [3.05, 3.63) is 71.8 Å². The minimum Gasteiger partial charge on any atom is -0.389 e. The molecule has 2 N–H and O–H groups in total. The summed E-state index contributed by atoms with van der Waals surface area (Å²) in [4.78, 5) is 0. The largest absolute Gasteiger partial charge is 0.389 e. The quantitative estimate of drug-likeness (QED) is 0.586. The first-order valence-electron chi connectivity index (χ1n) is 10.7. The Labute approximate surface area is 165 Å². The summed E-state index contributed by atoms with van der Waals surface area (Å²) in [7, 11) is 0. The number of benzene rings is 2. The fourth-order valence-corrected chi connectivity index (χ4v) is 4.85. The number of aliphatic hydroxyl groups is 1. The molecular weight excluding hydrogens is 330 g/mol. The van der Waals surface area contributed by atoms with E-state index in [0.29, 0.717) is 0 Å². The summed E-state index contributed by atoms with van der Waals surface area (Å²) in [5, 5.41) is 15.8. The highest BCUT2D eigenvalue weighted by Crippen LogP contribution is 2.48. The molecule has 0 aliphatic carbocycles. The van der Waals surface area contributed by atoms with E-state index in [1.54, 1.807) is 0 Å². The van der Waals surface area contributed by atoms with Crippen LogP contribution in [0.15, 0.2) is 60.7 Å². The summed E-state index contributed by atoms with van der Waals surface area (Å²) in [6.45, 7) is 6.69. The number of hydrogen-bond donors (Lipinski definition) is 2. The third-order valence-electron chi connectivity index (χ3n) is 6.68. The van der Waals surface area contributed by atoms with Crippen molar-refractivity contribution in [3.8, 4) is 0 Å². The van der Waals surface area contributed by atoms with Crippen LogP contribution in [0.1, 0.15) is 76.1 Å². The average molecular weight is 366 g/mol. The SMILES string of the molecule is CCCCCCC1(O)[C@H](C)[C@H](c2ccccc2)N[C@@H](c2ccccc2)[C@H]1C. The molecule has 2 heteroatoms. The highest BCUT2D eigenvalue weighted by Gasteiger charge is 2.50. The molecule has 3 rings (SSSR count). The van der Waals surface area contributed by atoms with Crippen molar-refractivity contribution in [3.63, 3.8) is 0 Å². The van der Waals surface area contributed by atoms with E-state index in [0.717, 1.165) is 12.8 Å². The molecule has 2 aromatic rings. The van der Waals surface area contributed by atoms with Crippen LogP contribution >= 0.6 is 0 Å². The van der Waals surface area contributed by atoms with Gasteiger partial charge in [0.25, 0.3) is 0 Å². The van der Waals surface area contributed by atoms with Gasteiger partial charge in [0.05, 0.1) is 5.60 Å². The lowest BCUT2D eigenvalue weighted by Gasteiger charge is -2.52. The van der Waals surface area contributed by atoms with Gasteiger partial charge in [0.15, 0.2) is 0 Å². The van der Waals surface area contributed by atoms with Crippen LogP contribution in [0.5, 0.6) is 0 Å². The van der Waals surface area contributed by atoms with Crippen LogP contribution in [0.2, 0.25) is 0 Å². The molecular formula is C25H35NO. The fraction of sp³-hybridized carbons (Fsp3) is 0.520. The van der Waals surface area contributed by atoms with Crippen molar-refractivity contribution in [1.29, 1.82) is 0 Å². The Morgan fingerprint density at radius 1 is 0.778 bits per heavy atom. The second-order valence-electron chi connectivity index (χ2n) is 8.32. The third-order valence-corrected chi connectivity index (χ3v) is 6.68. The Morgan fingerprint density at radius 2 is 1.26 bits per heavy atom. The monoisotopic (exact) mass is 365 g/mol. The molecule has 0 radical (unpaired) electrons. The minimum absolute atomic E-state index is 0.156. The zero-order valence-corrected chi connectivity index (χ0v) is 17.1. The van der Waals surface area contributed by atoms with Crippen LogP contribution in [0, 0.1) is 11.8 Å². The van der Waals surface area contributed by atoms with Gasteiger partial charge >= 0.3 is 0 Å². The van der Waals surface area contributed by atoms with Crippen molar-refractivity contribution in [2.24, 2.45) is 11.8 Å². The maximum Gasteiger partial charge on any atom is 0.0734 e. The lowest BCUT2D eigenvalue weighted by atomic mass is 9.64. The van der Waals surface area contributed by atoms with Gasteiger partial charge in [-0.15, -0.1) is 0 Å². The van der Waals surface area contributed by atoms with Crippen molar-refractivity contribution in [1.82, 2.24) is 5.32 Å². The number of rotatable bonds is 7. The van der Waals surface area contributed by atoms with E-state index in [1.165, 1.54) is 30.4 Å². The molecule has 2 nitrogen and oxygen atoms in total. The summed E-state index contributed by atoms with van der Waals surface area (Å²) in [5.74, 6) is 0.327. The second-order valence-corrected chi connectivity index (χ2v) is 8.32. The average Bonchev–Trinajstić information content (AvgIpc) is 2.71. The predicted octanol–water partition coefficient (Wildman–Crippen LogP) is 6.05. The Balaban J connectivity index is 1.92. The lowest BCUT2D eigenvalue weighted by molar-refractivity contribution is -0.117. The Kier molecular flexibility index (Phi) is 6.73. The molecule has 27 heavy (non-hydrogen) atoms. The second kappa shape index (κ2) is 9.03. The van der Waals surface area contributed by atoms with Crippen LogP contribution in [0.4, 0.5) is 0 Å². The van der Waals surface area contributed by atoms with Crippen molar-refractivity contribution < 1.29 is 5.11 Å². The number of hydrogen-bond acceptors (Lipinski definition) is 2. The Morgan fingerprint density at radius 3 is 1.70 bits per heavy atom. The van der Waals surface area contributed by atoms with E-state index in [-0.39, 0.29) is 23.9 Å². The van der Waals surface area contributed by atoms with Gasteiger partial charge in [-0.1, -0.05) is 107 Å². The van der Waals surface area contributed by atoms with Gasteiger partial charge in [-0.05, 0) is 17.5 Å². The predicted molar refractivity (Wildman–Crippen MR) is 114 cm³/mol. The Hall–Kier alpha value is -1.64. The smallest absolute Gasteiger partial charge is 0.0734 e. The first-order valence-corrected chi connectivity index (χ1v) is 10.7. The van der Waals surface area contributed by atoms with Crippen LogP contribution in [0.3, 0.4) is 0 Å². The molecule has 146 valence electrons. The van der Waals surface area contributed by atoms with Gasteiger partial charge in [-0.3, -0.25) is 0 Å². The molecule has 1 heterocycles. The van der Waals surface area contributed by atoms with Crippen LogP contribution < -0.4 is 5.32 Å². The van der Waals surface area contributed by atoms with E-state index in [9.17, 15) is 5.11 Å². The van der Waals surface area contributed by atoms with Crippen LogP contribution in [0.25, 0.3) is 0 Å². The minimum atomic E-state index is -0.667. The molecule has 2 aromatic carbocycles. The molecule has 0 spiro atoms. The van der Waals surface area contributed by atoms with Crippen molar-refractivity contribution >= 4 is 0 Å². The van der Waals surface area contributed by atoms with Gasteiger partial charge in [0.1, 0.15) is 0 Å². The zero-order chi connectivity index (χ0) is 19.3. The molecule has 1 aliphatic rings. The maximum absolute atomic E-state index is 11.9. The summed E-state index contributed by atoms with van der Waals surface area (Å²) >= 11 is 0. The number of piperidine rings is 1. The molecule has 0 saturated carbocycles. The molecule has 0 bridgehead atoms. The van der Waals surface area contributed by atoms with Crippen molar-refractivity contribution in [2.45, 2.75) is 70.6 Å². The first-order chi connectivity index (χ1) is 13.1. The molecule has 1 saturated heterocycles. The molecule has 1 aliphatic heterocycles. The fourth-order valence-electron chi connectivity index (χ4n) is 4.85. The normalized spacial score (nSPS) is 31.0. The molecule has 0 unspecified atom stereocenters. The van der Waals surface area contributed by atoms with E-state index in [4.69, 9.17) is 0 Å². The maximum atomic E-state index is 11.9. The number of nitrogens with one attached hydrogen (secondary N) is 1. The van der Waals surface area contributed by atoms with E-state index < -0.39 is 5.60 Å². The van der Waals surface area contributed by atoms with Gasteiger partial charge < -0.3 is 10.4 Å². The standard InChI is InChI=1S/C25H35NO/c1-4-5-6-13-18-25(27)19(2)23(21-14-9-7-10-15-21)26-24(20(25)3)22-16-11-8-12-17-22/h7-12,14-17,19-20,23-24,26-27H,4-6,13,18H2,1-3H3/t19-,20-,23-,24-/m1/s1. The topological polar surface area (TPSA) is 32.3 Å². The highest BCUT2D eigenvalue weighted by atomic mass is 16.3. The van der Waals surface area contributed by atoms with Gasteiger partial charge in [-0.2, -0.15) is 0 Å². The molecule has 4 atom stereocenters. The third kappa shape index (κ3) is 4.28. The van der Waals surface area contributed by atoms with E-state index >= 15 is 0 Å². The Bertz CT molecular complexity index is 632. The zero-order valence-electron chi connectivity index (χ0n) is 17.1. The highest BCUT2D eigenvalue weighted by molar-refractivity contribution is 5.27. The van der Waals surface area contributed by atoms with Gasteiger partial charge in [-0.25, -0.2) is 0 Å². The van der Waals surface area contributed by atoms with E-state index in [2.05, 4.69) is 86.8 Å². The van der Waals surface area contributed by atoms with Crippen molar-refractivity contribution in [2.75, 3.05) is 0 Å². The number of unbranched alkanes of at least 4 members (excludes halogenated alkanes) is 3. The summed E-state index contributed by atoms with van der Waals surface area (Å²) in [5.41, 5.74) is 1.87. The van der Waals surface area contributed by atoms with Gasteiger partial charge in [0.2, 0.25) is 0 Å². The molecule has 0 aromatic heterocycles. The molecule has 0 amide bonds. The lowest BCUT2D eigenvalue weighted by Crippen LogP contribution is -2.57. The molecule has 1 fully saturated rings. The van der Waals surface area contributed by atoms with Crippen LogP contribution in [-0.2, 0) is 0 Å². The van der Waals surface area contributed by atoms with Gasteiger partial charge in [0, 0.05) is 23.9 Å². The van der Waals surface area contributed by atoms with Crippen LogP contribution in [-0.4, -0.2) is 10.7 Å². The van der Waals surface area contributed by atoms with E-state index in [1.807, 2.05) is 0 Å². The first kappa shape index (κ1) is 20.1. The summed E-state index contributed by atoms with van der Waals surface area (Å²) < 4.78 is 0. The summed E-state index contributed by atoms with van der Waals surface area (Å²) in [6.07, 6.45) is 5.66.